The predicted octanol–water partition coefficient (Wildman–Crippen LogP) is 2.24. The van der Waals surface area contributed by atoms with Gasteiger partial charge in [0.25, 0.3) is 0 Å². The molecule has 19 heavy (non-hydrogen) atoms. The molecule has 0 aliphatic carbocycles. The van der Waals surface area contributed by atoms with Crippen LogP contribution in [0.1, 0.15) is 38.9 Å². The smallest absolute Gasteiger partial charge is 0.110 e. The molecule has 1 aromatic heterocycles. The number of likely N-dealkylation sites (N-methyl/N-ethyl adjacent to an activating group) is 1. The SMILES string of the molecule is CCCn1ccnc1CC(NC)C1CCOC1CC. The van der Waals surface area contributed by atoms with Crippen LogP contribution in [0.4, 0.5) is 0 Å². The zero-order valence-corrected chi connectivity index (χ0v) is 12.4. The van der Waals surface area contributed by atoms with Crippen LogP contribution in [0.2, 0.25) is 0 Å². The number of hydrogen-bond donors (Lipinski definition) is 1. The van der Waals surface area contributed by atoms with Crippen molar-refractivity contribution in [2.75, 3.05) is 13.7 Å². The van der Waals surface area contributed by atoms with Crippen LogP contribution in [0.3, 0.4) is 0 Å². The van der Waals surface area contributed by atoms with E-state index in [1.807, 2.05) is 6.20 Å². The van der Waals surface area contributed by atoms with Crippen molar-refractivity contribution in [2.45, 2.75) is 58.2 Å². The third-order valence-electron chi connectivity index (χ3n) is 4.22. The molecule has 2 rings (SSSR count). The van der Waals surface area contributed by atoms with Crippen LogP contribution in [0, 0.1) is 5.92 Å². The van der Waals surface area contributed by atoms with Gasteiger partial charge in [0.2, 0.25) is 0 Å². The van der Waals surface area contributed by atoms with Gasteiger partial charge in [-0.3, -0.25) is 0 Å². The van der Waals surface area contributed by atoms with Gasteiger partial charge in [-0.15, -0.1) is 0 Å². The van der Waals surface area contributed by atoms with Crippen LogP contribution < -0.4 is 5.32 Å². The molecule has 2 heterocycles. The van der Waals surface area contributed by atoms with E-state index < -0.39 is 0 Å². The summed E-state index contributed by atoms with van der Waals surface area (Å²) >= 11 is 0. The van der Waals surface area contributed by atoms with Crippen molar-refractivity contribution in [2.24, 2.45) is 5.92 Å². The monoisotopic (exact) mass is 265 g/mol. The van der Waals surface area contributed by atoms with Gasteiger partial charge < -0.3 is 14.6 Å². The van der Waals surface area contributed by atoms with Crippen LogP contribution in [-0.2, 0) is 17.7 Å². The second-order valence-electron chi connectivity index (χ2n) is 5.41. The van der Waals surface area contributed by atoms with Crippen molar-refractivity contribution in [3.63, 3.8) is 0 Å². The summed E-state index contributed by atoms with van der Waals surface area (Å²) in [5, 5.41) is 3.48. The van der Waals surface area contributed by atoms with Crippen LogP contribution in [0.15, 0.2) is 12.4 Å². The minimum Gasteiger partial charge on any atom is -0.378 e. The lowest BCUT2D eigenvalue weighted by Gasteiger charge is -2.26. The molecule has 1 N–H and O–H groups in total. The molecule has 108 valence electrons. The summed E-state index contributed by atoms with van der Waals surface area (Å²) < 4.78 is 8.11. The highest BCUT2D eigenvalue weighted by molar-refractivity contribution is 4.98. The number of nitrogens with zero attached hydrogens (tertiary/aromatic N) is 2. The number of rotatable bonds is 7. The fraction of sp³-hybridized carbons (Fsp3) is 0.800. The second-order valence-corrected chi connectivity index (χ2v) is 5.41. The van der Waals surface area contributed by atoms with Gasteiger partial charge in [0, 0.05) is 43.9 Å². The molecule has 0 bridgehead atoms. The third kappa shape index (κ3) is 3.37. The van der Waals surface area contributed by atoms with Gasteiger partial charge in [-0.05, 0) is 26.3 Å². The van der Waals surface area contributed by atoms with Gasteiger partial charge in [-0.25, -0.2) is 4.98 Å². The van der Waals surface area contributed by atoms with Gasteiger partial charge in [-0.2, -0.15) is 0 Å². The number of nitrogens with one attached hydrogen (secondary N) is 1. The summed E-state index contributed by atoms with van der Waals surface area (Å²) in [4.78, 5) is 4.53. The highest BCUT2D eigenvalue weighted by atomic mass is 16.5. The van der Waals surface area contributed by atoms with E-state index in [0.717, 1.165) is 32.4 Å². The number of hydrogen-bond acceptors (Lipinski definition) is 3. The molecule has 0 spiro atoms. The van der Waals surface area contributed by atoms with Gasteiger partial charge >= 0.3 is 0 Å². The molecule has 3 atom stereocenters. The van der Waals surface area contributed by atoms with Crippen LogP contribution in [-0.4, -0.2) is 35.4 Å². The van der Waals surface area contributed by atoms with Crippen molar-refractivity contribution in [3.8, 4) is 0 Å². The Kier molecular flexibility index (Phi) is 5.40. The average molecular weight is 265 g/mol. The maximum atomic E-state index is 5.83. The first-order chi connectivity index (χ1) is 9.30. The fourth-order valence-corrected chi connectivity index (χ4v) is 3.18. The Morgan fingerprint density at radius 2 is 2.37 bits per heavy atom. The van der Waals surface area contributed by atoms with Crippen LogP contribution >= 0.6 is 0 Å². The van der Waals surface area contributed by atoms with E-state index >= 15 is 0 Å². The maximum absolute atomic E-state index is 5.83. The molecule has 1 aromatic rings. The topological polar surface area (TPSA) is 39.1 Å². The number of aromatic nitrogens is 2. The van der Waals surface area contributed by atoms with Crippen molar-refractivity contribution < 1.29 is 4.74 Å². The molecular formula is C15H27N3O. The van der Waals surface area contributed by atoms with E-state index in [2.05, 4.69) is 42.0 Å². The Labute approximate surface area is 116 Å². The van der Waals surface area contributed by atoms with E-state index in [9.17, 15) is 0 Å². The summed E-state index contributed by atoms with van der Waals surface area (Å²) in [7, 11) is 2.06. The molecule has 0 amide bonds. The minimum atomic E-state index is 0.409. The largest absolute Gasteiger partial charge is 0.378 e. The molecule has 1 saturated heterocycles. The molecule has 0 saturated carbocycles. The molecule has 4 heteroatoms. The van der Waals surface area contributed by atoms with Gasteiger partial charge in [0.1, 0.15) is 5.82 Å². The minimum absolute atomic E-state index is 0.409. The molecule has 1 fully saturated rings. The summed E-state index contributed by atoms with van der Waals surface area (Å²) in [6.45, 7) is 6.39. The Bertz CT molecular complexity index is 377. The lowest BCUT2D eigenvalue weighted by atomic mass is 9.89. The second kappa shape index (κ2) is 7.06. The van der Waals surface area contributed by atoms with Crippen molar-refractivity contribution in [1.82, 2.24) is 14.9 Å². The first-order valence-electron chi connectivity index (χ1n) is 7.59. The van der Waals surface area contributed by atoms with E-state index in [1.54, 1.807) is 0 Å². The van der Waals surface area contributed by atoms with Crippen LogP contribution in [0.5, 0.6) is 0 Å². The first-order valence-corrected chi connectivity index (χ1v) is 7.59. The normalized spacial score (nSPS) is 24.8. The van der Waals surface area contributed by atoms with Crippen molar-refractivity contribution in [1.29, 1.82) is 0 Å². The van der Waals surface area contributed by atoms with E-state index in [4.69, 9.17) is 4.74 Å². The fourth-order valence-electron chi connectivity index (χ4n) is 3.18. The average Bonchev–Trinajstić information content (AvgIpc) is 3.05. The summed E-state index contributed by atoms with van der Waals surface area (Å²) in [6, 6.07) is 0.463. The standard InChI is InChI=1S/C15H27N3O/c1-4-8-18-9-7-17-15(18)11-13(16-3)12-6-10-19-14(12)5-2/h7,9,12-14,16H,4-6,8,10-11H2,1-3H3. The van der Waals surface area contributed by atoms with Gasteiger partial charge in [0.15, 0.2) is 0 Å². The molecule has 1 aliphatic rings. The molecule has 3 unspecified atom stereocenters. The quantitative estimate of drug-likeness (QED) is 0.822. The van der Waals surface area contributed by atoms with E-state index in [0.29, 0.717) is 18.1 Å². The Morgan fingerprint density at radius 1 is 1.53 bits per heavy atom. The summed E-state index contributed by atoms with van der Waals surface area (Å²) in [5.41, 5.74) is 0. The summed E-state index contributed by atoms with van der Waals surface area (Å²) in [6.07, 6.45) is 8.83. The molecule has 4 nitrogen and oxygen atoms in total. The van der Waals surface area contributed by atoms with Gasteiger partial charge in [-0.1, -0.05) is 13.8 Å². The lowest BCUT2D eigenvalue weighted by molar-refractivity contribution is 0.0780. The highest BCUT2D eigenvalue weighted by Gasteiger charge is 2.33. The number of aryl methyl sites for hydroxylation is 1. The molecule has 0 radical (unpaired) electrons. The highest BCUT2D eigenvalue weighted by Crippen LogP contribution is 2.27. The van der Waals surface area contributed by atoms with Crippen molar-refractivity contribution in [3.05, 3.63) is 18.2 Å². The van der Waals surface area contributed by atoms with Crippen molar-refractivity contribution >= 4 is 0 Å². The Balaban J connectivity index is 2.03. The van der Waals surface area contributed by atoms with Crippen LogP contribution in [0.25, 0.3) is 0 Å². The number of ether oxygens (including phenoxy) is 1. The van der Waals surface area contributed by atoms with Gasteiger partial charge in [0.05, 0.1) is 6.10 Å². The third-order valence-corrected chi connectivity index (χ3v) is 4.22. The van der Waals surface area contributed by atoms with E-state index in [1.165, 1.54) is 12.2 Å². The Hall–Kier alpha value is -0.870. The predicted molar refractivity (Wildman–Crippen MR) is 77.2 cm³/mol. The summed E-state index contributed by atoms with van der Waals surface area (Å²) in [5.74, 6) is 1.81. The van der Waals surface area contributed by atoms with E-state index in [-0.39, 0.29) is 0 Å². The Morgan fingerprint density at radius 3 is 3.05 bits per heavy atom. The zero-order valence-electron chi connectivity index (χ0n) is 12.4. The number of imidazole rings is 1. The zero-order chi connectivity index (χ0) is 13.7. The molecule has 1 aliphatic heterocycles. The maximum Gasteiger partial charge on any atom is 0.110 e. The lowest BCUT2D eigenvalue weighted by Crippen LogP contribution is -2.40. The molecular weight excluding hydrogens is 238 g/mol. The molecule has 0 aromatic carbocycles. The first kappa shape index (κ1) is 14.5.